The van der Waals surface area contributed by atoms with Gasteiger partial charge in [-0.3, -0.25) is 0 Å². The Morgan fingerprint density at radius 3 is 2.32 bits per heavy atom. The highest BCUT2D eigenvalue weighted by molar-refractivity contribution is 9.10. The number of rotatable bonds is 4. The van der Waals surface area contributed by atoms with Gasteiger partial charge >= 0.3 is 0 Å². The summed E-state index contributed by atoms with van der Waals surface area (Å²) in [5.74, 6) is -0.874. The van der Waals surface area contributed by atoms with E-state index in [1.165, 1.54) is 18.2 Å². The largest absolute Gasteiger partial charge is 0.396 e. The van der Waals surface area contributed by atoms with Crippen LogP contribution in [-0.4, -0.2) is 11.7 Å². The molecule has 1 unspecified atom stereocenters. The zero-order chi connectivity index (χ0) is 13.8. The third-order valence-electron chi connectivity index (χ3n) is 3.04. The highest BCUT2D eigenvalue weighted by Gasteiger charge is 2.14. The lowest BCUT2D eigenvalue weighted by Crippen LogP contribution is -2.09. The van der Waals surface area contributed by atoms with Gasteiger partial charge in [-0.05, 0) is 41.8 Å². The van der Waals surface area contributed by atoms with Gasteiger partial charge in [-0.1, -0.05) is 34.1 Å². The van der Waals surface area contributed by atoms with Crippen LogP contribution in [0.5, 0.6) is 0 Å². The standard InChI is InChI=1S/C15H13BrF2O/c16-13-4-1-11(15(18)8-13)7-12(9-19)10-2-5-14(17)6-3-10/h1-6,8,12,19H,7,9H2. The van der Waals surface area contributed by atoms with Gasteiger partial charge in [-0.2, -0.15) is 0 Å². The van der Waals surface area contributed by atoms with Crippen LogP contribution in [0.3, 0.4) is 0 Å². The minimum absolute atomic E-state index is 0.110. The summed E-state index contributed by atoms with van der Waals surface area (Å²) in [6, 6.07) is 10.8. The third kappa shape index (κ3) is 3.61. The highest BCUT2D eigenvalue weighted by atomic mass is 79.9. The van der Waals surface area contributed by atoms with Crippen LogP contribution in [0, 0.1) is 11.6 Å². The van der Waals surface area contributed by atoms with E-state index in [4.69, 9.17) is 0 Å². The molecule has 0 spiro atoms. The van der Waals surface area contributed by atoms with Crippen LogP contribution in [0.1, 0.15) is 17.0 Å². The summed E-state index contributed by atoms with van der Waals surface area (Å²) in [4.78, 5) is 0. The van der Waals surface area contributed by atoms with E-state index in [1.54, 1.807) is 24.3 Å². The molecule has 0 aliphatic carbocycles. The molecular weight excluding hydrogens is 314 g/mol. The van der Waals surface area contributed by atoms with Crippen molar-refractivity contribution in [1.29, 1.82) is 0 Å². The summed E-state index contributed by atoms with van der Waals surface area (Å²) < 4.78 is 27.3. The third-order valence-corrected chi connectivity index (χ3v) is 3.54. The van der Waals surface area contributed by atoms with Gasteiger partial charge in [0.2, 0.25) is 0 Å². The van der Waals surface area contributed by atoms with Gasteiger partial charge < -0.3 is 5.11 Å². The van der Waals surface area contributed by atoms with E-state index in [1.807, 2.05) is 0 Å². The van der Waals surface area contributed by atoms with Crippen molar-refractivity contribution < 1.29 is 13.9 Å². The van der Waals surface area contributed by atoms with Gasteiger partial charge in [0, 0.05) is 10.4 Å². The van der Waals surface area contributed by atoms with E-state index >= 15 is 0 Å². The number of aliphatic hydroxyl groups is 1. The smallest absolute Gasteiger partial charge is 0.127 e. The van der Waals surface area contributed by atoms with E-state index in [9.17, 15) is 13.9 Å². The monoisotopic (exact) mass is 326 g/mol. The molecule has 0 aliphatic rings. The molecule has 1 atom stereocenters. The van der Waals surface area contributed by atoms with E-state index < -0.39 is 0 Å². The van der Waals surface area contributed by atoms with Crippen LogP contribution in [0.4, 0.5) is 8.78 Å². The molecule has 19 heavy (non-hydrogen) atoms. The predicted molar refractivity (Wildman–Crippen MR) is 74.0 cm³/mol. The van der Waals surface area contributed by atoms with Crippen molar-refractivity contribution in [2.24, 2.45) is 0 Å². The zero-order valence-corrected chi connectivity index (χ0v) is 11.7. The molecule has 0 fully saturated rings. The molecule has 0 saturated carbocycles. The Balaban J connectivity index is 2.21. The molecular formula is C15H13BrF2O. The molecule has 1 N–H and O–H groups in total. The molecule has 0 radical (unpaired) electrons. The van der Waals surface area contributed by atoms with Crippen LogP contribution in [0.2, 0.25) is 0 Å². The fraction of sp³-hybridized carbons (Fsp3) is 0.200. The Kier molecular flexibility index (Phi) is 4.66. The van der Waals surface area contributed by atoms with E-state index in [0.717, 1.165) is 5.56 Å². The Labute approximate surface area is 119 Å². The van der Waals surface area contributed by atoms with Crippen molar-refractivity contribution in [2.45, 2.75) is 12.3 Å². The fourth-order valence-electron chi connectivity index (χ4n) is 1.98. The maximum Gasteiger partial charge on any atom is 0.127 e. The lowest BCUT2D eigenvalue weighted by Gasteiger charge is -2.15. The van der Waals surface area contributed by atoms with Crippen molar-refractivity contribution in [3.8, 4) is 0 Å². The van der Waals surface area contributed by atoms with E-state index in [0.29, 0.717) is 16.5 Å². The zero-order valence-electron chi connectivity index (χ0n) is 10.1. The Bertz CT molecular complexity index is 555. The van der Waals surface area contributed by atoms with Crippen LogP contribution in [0.15, 0.2) is 46.9 Å². The van der Waals surface area contributed by atoms with Crippen LogP contribution in [-0.2, 0) is 6.42 Å². The van der Waals surface area contributed by atoms with Gasteiger partial charge in [0.25, 0.3) is 0 Å². The molecule has 4 heteroatoms. The summed E-state index contributed by atoms with van der Waals surface area (Å²) >= 11 is 3.20. The molecule has 0 saturated heterocycles. The van der Waals surface area contributed by atoms with Crippen molar-refractivity contribution >= 4 is 15.9 Å². The molecule has 0 heterocycles. The van der Waals surface area contributed by atoms with Crippen LogP contribution >= 0.6 is 15.9 Å². The SMILES string of the molecule is OCC(Cc1ccc(Br)cc1F)c1ccc(F)cc1. The Hall–Kier alpha value is -1.26. The van der Waals surface area contributed by atoms with Gasteiger partial charge in [-0.25, -0.2) is 8.78 Å². The lowest BCUT2D eigenvalue weighted by atomic mass is 9.92. The van der Waals surface area contributed by atoms with Gasteiger partial charge in [0.15, 0.2) is 0 Å². The summed E-state index contributed by atoms with van der Waals surface area (Å²) in [6.07, 6.45) is 0.376. The number of halogens is 3. The normalized spacial score (nSPS) is 12.4. The summed E-state index contributed by atoms with van der Waals surface area (Å²) in [5.41, 5.74) is 1.33. The first-order valence-corrected chi connectivity index (χ1v) is 6.69. The first-order chi connectivity index (χ1) is 9.10. The topological polar surface area (TPSA) is 20.2 Å². The summed E-state index contributed by atoms with van der Waals surface area (Å²) in [7, 11) is 0. The molecule has 0 aliphatic heterocycles. The van der Waals surface area contributed by atoms with Crippen molar-refractivity contribution in [3.63, 3.8) is 0 Å². The van der Waals surface area contributed by atoms with E-state index in [2.05, 4.69) is 15.9 Å². The van der Waals surface area contributed by atoms with Crippen molar-refractivity contribution in [1.82, 2.24) is 0 Å². The average Bonchev–Trinajstić information content (AvgIpc) is 2.39. The second kappa shape index (κ2) is 6.26. The highest BCUT2D eigenvalue weighted by Crippen LogP contribution is 2.24. The maximum atomic E-state index is 13.8. The molecule has 2 rings (SSSR count). The fourth-order valence-corrected chi connectivity index (χ4v) is 2.31. The van der Waals surface area contributed by atoms with Crippen LogP contribution in [0.25, 0.3) is 0 Å². The molecule has 100 valence electrons. The molecule has 0 amide bonds. The minimum atomic E-state index is -0.324. The Morgan fingerprint density at radius 1 is 1.05 bits per heavy atom. The molecule has 0 bridgehead atoms. The van der Waals surface area contributed by atoms with Gasteiger partial charge in [0.05, 0.1) is 6.61 Å². The first-order valence-electron chi connectivity index (χ1n) is 5.90. The lowest BCUT2D eigenvalue weighted by molar-refractivity contribution is 0.263. The molecule has 2 aromatic rings. The van der Waals surface area contributed by atoms with Crippen molar-refractivity contribution in [3.05, 3.63) is 69.7 Å². The molecule has 0 aromatic heterocycles. The molecule has 1 nitrogen and oxygen atoms in total. The molecule has 2 aromatic carbocycles. The second-order valence-electron chi connectivity index (χ2n) is 4.37. The summed E-state index contributed by atoms with van der Waals surface area (Å²) in [6.45, 7) is -0.110. The minimum Gasteiger partial charge on any atom is -0.396 e. The average molecular weight is 327 g/mol. The quantitative estimate of drug-likeness (QED) is 0.898. The first kappa shape index (κ1) is 14.2. The summed E-state index contributed by atoms with van der Waals surface area (Å²) in [5, 5.41) is 9.43. The number of aliphatic hydroxyl groups excluding tert-OH is 1. The second-order valence-corrected chi connectivity index (χ2v) is 5.29. The van der Waals surface area contributed by atoms with Crippen LogP contribution < -0.4 is 0 Å². The number of hydrogen-bond donors (Lipinski definition) is 1. The van der Waals surface area contributed by atoms with Gasteiger partial charge in [0.1, 0.15) is 11.6 Å². The Morgan fingerprint density at radius 2 is 1.74 bits per heavy atom. The number of benzene rings is 2. The van der Waals surface area contributed by atoms with E-state index in [-0.39, 0.29) is 24.2 Å². The maximum absolute atomic E-state index is 13.8. The predicted octanol–water partition coefficient (Wildman–Crippen LogP) is 4.05. The van der Waals surface area contributed by atoms with Gasteiger partial charge in [-0.15, -0.1) is 0 Å². The van der Waals surface area contributed by atoms with Crippen molar-refractivity contribution in [2.75, 3.05) is 6.61 Å². The number of hydrogen-bond acceptors (Lipinski definition) is 1.